The van der Waals surface area contributed by atoms with Gasteiger partial charge < -0.3 is 5.32 Å². The maximum Gasteiger partial charge on any atom is 0.131 e. The summed E-state index contributed by atoms with van der Waals surface area (Å²) in [6.07, 6.45) is 9.03. The summed E-state index contributed by atoms with van der Waals surface area (Å²) in [5.74, 6) is 2.00. The van der Waals surface area contributed by atoms with Gasteiger partial charge in [-0.15, -0.1) is 0 Å². The zero-order valence-electron chi connectivity index (χ0n) is 10.4. The summed E-state index contributed by atoms with van der Waals surface area (Å²) in [7, 11) is 0. The molecule has 0 atom stereocenters. The molecule has 92 valence electrons. The molecular weight excluding hydrogens is 210 g/mol. The molecule has 0 unspecified atom stereocenters. The first-order valence-electron chi connectivity index (χ1n) is 6.82. The van der Waals surface area contributed by atoms with E-state index in [0.29, 0.717) is 0 Å². The quantitative estimate of drug-likeness (QED) is 0.848. The summed E-state index contributed by atoms with van der Waals surface area (Å²) < 4.78 is 0. The molecule has 2 aliphatic rings. The predicted octanol–water partition coefficient (Wildman–Crippen LogP) is 2.85. The Hall–Kier alpha value is -1.09. The third kappa shape index (κ3) is 2.60. The van der Waals surface area contributed by atoms with E-state index in [1.54, 1.807) is 0 Å². The molecule has 0 saturated heterocycles. The number of rotatable bonds is 2. The summed E-state index contributed by atoms with van der Waals surface area (Å²) in [4.78, 5) is 6.89. The number of fused-ring (bicyclic) bond motifs is 1. The second-order valence-corrected chi connectivity index (χ2v) is 5.36. The van der Waals surface area contributed by atoms with Gasteiger partial charge in [0.2, 0.25) is 0 Å². The van der Waals surface area contributed by atoms with E-state index in [9.17, 15) is 0 Å². The summed E-state index contributed by atoms with van der Waals surface area (Å²) in [6.45, 7) is 3.27. The molecule has 1 aromatic heterocycles. The topological polar surface area (TPSA) is 28.2 Å². The molecule has 1 aromatic rings. The first-order valence-corrected chi connectivity index (χ1v) is 6.82. The molecule has 17 heavy (non-hydrogen) atoms. The highest BCUT2D eigenvalue weighted by molar-refractivity contribution is 5.45. The molecule has 1 saturated carbocycles. The highest BCUT2D eigenvalue weighted by atomic mass is 15.3. The van der Waals surface area contributed by atoms with Gasteiger partial charge >= 0.3 is 0 Å². The zero-order chi connectivity index (χ0) is 11.5. The van der Waals surface area contributed by atoms with Crippen molar-refractivity contribution in [2.75, 3.05) is 18.5 Å². The highest BCUT2D eigenvalue weighted by Crippen LogP contribution is 2.26. The average molecular weight is 231 g/mol. The van der Waals surface area contributed by atoms with Crippen molar-refractivity contribution in [3.63, 3.8) is 0 Å². The van der Waals surface area contributed by atoms with Gasteiger partial charge in [-0.2, -0.15) is 0 Å². The fourth-order valence-electron chi connectivity index (χ4n) is 3.07. The summed E-state index contributed by atoms with van der Waals surface area (Å²) in [5.41, 5.74) is 1.34. The van der Waals surface area contributed by atoms with Crippen LogP contribution in [0.4, 0.5) is 5.82 Å². The lowest BCUT2D eigenvalue weighted by Crippen LogP contribution is -2.37. The van der Waals surface area contributed by atoms with Crippen molar-refractivity contribution < 1.29 is 0 Å². The van der Waals surface area contributed by atoms with Crippen molar-refractivity contribution in [1.29, 1.82) is 0 Å². The van der Waals surface area contributed by atoms with Gasteiger partial charge in [-0.25, -0.2) is 4.98 Å². The van der Waals surface area contributed by atoms with Crippen molar-refractivity contribution in [1.82, 2.24) is 9.88 Å². The second kappa shape index (κ2) is 5.05. The molecule has 2 heterocycles. The predicted molar refractivity (Wildman–Crippen MR) is 69.7 cm³/mol. The lowest BCUT2D eigenvalue weighted by atomic mass is 9.89. The molecule has 1 fully saturated rings. The second-order valence-electron chi connectivity index (χ2n) is 5.36. The molecular formula is C14H21N3. The monoisotopic (exact) mass is 231 g/mol. The molecule has 3 rings (SSSR count). The minimum atomic E-state index is 0.920. The smallest absolute Gasteiger partial charge is 0.131 e. The van der Waals surface area contributed by atoms with Gasteiger partial charge in [0.25, 0.3) is 0 Å². The molecule has 1 N–H and O–H groups in total. The Kier molecular flexibility index (Phi) is 3.27. The standard InChI is InChI=1S/C14H21N3/c1-2-5-12(6-3-1)9-17-10-13-7-4-8-15-14(13)16-11-17/h4,7-8,12H,1-3,5-6,9-11H2,(H,15,16). The van der Waals surface area contributed by atoms with Crippen molar-refractivity contribution in [3.8, 4) is 0 Å². The first-order chi connectivity index (χ1) is 8.42. The molecule has 3 heteroatoms. The first kappa shape index (κ1) is 11.0. The van der Waals surface area contributed by atoms with E-state index in [1.807, 2.05) is 12.3 Å². The number of pyridine rings is 1. The van der Waals surface area contributed by atoms with Crippen molar-refractivity contribution >= 4 is 5.82 Å². The Morgan fingerprint density at radius 2 is 2.18 bits per heavy atom. The number of hydrogen-bond acceptors (Lipinski definition) is 3. The van der Waals surface area contributed by atoms with Gasteiger partial charge in [-0.05, 0) is 24.8 Å². The van der Waals surface area contributed by atoms with Crippen molar-refractivity contribution in [3.05, 3.63) is 23.9 Å². The van der Waals surface area contributed by atoms with Crippen LogP contribution in [0.5, 0.6) is 0 Å². The fraction of sp³-hybridized carbons (Fsp3) is 0.643. The Labute approximate surface area is 103 Å². The summed E-state index contributed by atoms with van der Waals surface area (Å²) >= 11 is 0. The van der Waals surface area contributed by atoms with Crippen LogP contribution in [0.3, 0.4) is 0 Å². The number of aromatic nitrogens is 1. The van der Waals surface area contributed by atoms with Gasteiger partial charge in [0.15, 0.2) is 0 Å². The zero-order valence-corrected chi connectivity index (χ0v) is 10.4. The normalized spacial score (nSPS) is 21.9. The van der Waals surface area contributed by atoms with Crippen LogP contribution in [0, 0.1) is 5.92 Å². The van der Waals surface area contributed by atoms with Gasteiger partial charge in [0.1, 0.15) is 5.82 Å². The lowest BCUT2D eigenvalue weighted by molar-refractivity contribution is 0.199. The Bertz CT molecular complexity index is 371. The van der Waals surface area contributed by atoms with E-state index in [0.717, 1.165) is 24.9 Å². The number of anilines is 1. The SMILES string of the molecule is c1cnc2c(c1)CN(CC1CCCCC1)CN2. The van der Waals surface area contributed by atoms with Crippen LogP contribution in [0.15, 0.2) is 18.3 Å². The fourth-order valence-corrected chi connectivity index (χ4v) is 3.07. The third-order valence-corrected chi connectivity index (χ3v) is 4.00. The minimum absolute atomic E-state index is 0.920. The van der Waals surface area contributed by atoms with E-state index < -0.39 is 0 Å². The van der Waals surface area contributed by atoms with Crippen LogP contribution < -0.4 is 5.32 Å². The van der Waals surface area contributed by atoms with Gasteiger partial charge in [0, 0.05) is 24.8 Å². The Balaban J connectivity index is 1.60. The minimum Gasteiger partial charge on any atom is -0.357 e. The molecule has 0 radical (unpaired) electrons. The maximum absolute atomic E-state index is 4.36. The third-order valence-electron chi connectivity index (χ3n) is 4.00. The van der Waals surface area contributed by atoms with Crippen molar-refractivity contribution in [2.24, 2.45) is 5.92 Å². The molecule has 1 aliphatic carbocycles. The molecule has 0 spiro atoms. The highest BCUT2D eigenvalue weighted by Gasteiger charge is 2.20. The Morgan fingerprint density at radius 3 is 3.06 bits per heavy atom. The number of nitrogens with one attached hydrogen (secondary N) is 1. The largest absolute Gasteiger partial charge is 0.357 e. The van der Waals surface area contributed by atoms with Gasteiger partial charge in [-0.3, -0.25) is 4.90 Å². The van der Waals surface area contributed by atoms with Gasteiger partial charge in [-0.1, -0.05) is 25.3 Å². The van der Waals surface area contributed by atoms with Crippen LogP contribution in [-0.2, 0) is 6.54 Å². The van der Waals surface area contributed by atoms with Crippen molar-refractivity contribution in [2.45, 2.75) is 38.6 Å². The van der Waals surface area contributed by atoms with E-state index >= 15 is 0 Å². The van der Waals surface area contributed by atoms with E-state index in [2.05, 4.69) is 21.3 Å². The van der Waals surface area contributed by atoms with Crippen LogP contribution in [0.1, 0.15) is 37.7 Å². The molecule has 3 nitrogen and oxygen atoms in total. The molecule has 0 amide bonds. The van der Waals surface area contributed by atoms with E-state index in [1.165, 1.54) is 44.2 Å². The molecule has 0 aromatic carbocycles. The van der Waals surface area contributed by atoms with Crippen LogP contribution >= 0.6 is 0 Å². The van der Waals surface area contributed by atoms with Crippen LogP contribution in [0.2, 0.25) is 0 Å². The van der Waals surface area contributed by atoms with Crippen LogP contribution in [-0.4, -0.2) is 23.1 Å². The van der Waals surface area contributed by atoms with E-state index in [-0.39, 0.29) is 0 Å². The number of hydrogen-bond donors (Lipinski definition) is 1. The average Bonchev–Trinajstić information content (AvgIpc) is 2.40. The molecule has 1 aliphatic heterocycles. The van der Waals surface area contributed by atoms with E-state index in [4.69, 9.17) is 0 Å². The number of nitrogens with zero attached hydrogens (tertiary/aromatic N) is 2. The summed E-state index contributed by atoms with van der Waals surface area (Å²) in [6, 6.07) is 4.22. The van der Waals surface area contributed by atoms with Gasteiger partial charge in [0.05, 0.1) is 6.67 Å². The Morgan fingerprint density at radius 1 is 1.29 bits per heavy atom. The summed E-state index contributed by atoms with van der Waals surface area (Å²) in [5, 5.41) is 3.42. The van der Waals surface area contributed by atoms with Crippen LogP contribution in [0.25, 0.3) is 0 Å². The lowest BCUT2D eigenvalue weighted by Gasteiger charge is -2.33. The maximum atomic E-state index is 4.36. The molecule has 0 bridgehead atoms.